The molecule has 0 spiro atoms. The van der Waals surface area contributed by atoms with Crippen molar-refractivity contribution in [3.8, 4) is 0 Å². The summed E-state index contributed by atoms with van der Waals surface area (Å²) in [6.07, 6.45) is -3.80. The van der Waals surface area contributed by atoms with Crippen molar-refractivity contribution >= 4 is 77.5 Å². The molecular formula is C37H62N14O14S. The lowest BCUT2D eigenvalue weighted by Gasteiger charge is -2.56. The second-order valence-corrected chi connectivity index (χ2v) is 16.5. The van der Waals surface area contributed by atoms with Crippen molar-refractivity contribution < 1.29 is 68.3 Å². The Morgan fingerprint density at radius 3 is 1.92 bits per heavy atom. The van der Waals surface area contributed by atoms with E-state index in [1.54, 1.807) is 0 Å². The Labute approximate surface area is 382 Å². The third-order valence-corrected chi connectivity index (χ3v) is 11.5. The van der Waals surface area contributed by atoms with Crippen molar-refractivity contribution in [1.82, 2.24) is 31.5 Å². The van der Waals surface area contributed by atoms with Crippen LogP contribution < -0.4 is 61.0 Å². The average Bonchev–Trinajstić information content (AvgIpc) is 3.23. The largest absolute Gasteiger partial charge is 0.480 e. The highest BCUT2D eigenvalue weighted by molar-refractivity contribution is 8.00. The molecule has 2 aliphatic rings. The Morgan fingerprint density at radius 1 is 0.848 bits per heavy atom. The fourth-order valence-corrected chi connectivity index (χ4v) is 8.02. The van der Waals surface area contributed by atoms with E-state index in [1.807, 2.05) is 0 Å². The van der Waals surface area contributed by atoms with E-state index in [4.69, 9.17) is 44.2 Å². The van der Waals surface area contributed by atoms with E-state index in [0.29, 0.717) is 6.42 Å². The lowest BCUT2D eigenvalue weighted by Crippen LogP contribution is -2.85. The zero-order valence-corrected chi connectivity index (χ0v) is 37.3. The summed E-state index contributed by atoms with van der Waals surface area (Å²) < 4.78 is 5.30. The Kier molecular flexibility index (Phi) is 22.5. The minimum atomic E-state index is -2.05. The van der Waals surface area contributed by atoms with E-state index in [0.717, 1.165) is 16.7 Å². The monoisotopic (exact) mass is 958 g/mol. The van der Waals surface area contributed by atoms with Gasteiger partial charge >= 0.3 is 17.9 Å². The maximum Gasteiger partial charge on any atom is 0.352 e. The third-order valence-electron chi connectivity index (χ3n) is 10.1. The number of rotatable bonds is 30. The molecule has 2 rings (SSSR count). The van der Waals surface area contributed by atoms with Crippen LogP contribution in [0.5, 0.6) is 0 Å². The van der Waals surface area contributed by atoms with Crippen LogP contribution >= 0.6 is 11.8 Å². The first-order chi connectivity index (χ1) is 30.9. The summed E-state index contributed by atoms with van der Waals surface area (Å²) in [6.45, 7) is 2.33. The van der Waals surface area contributed by atoms with Crippen LogP contribution in [0.25, 0.3) is 0 Å². The molecule has 0 saturated carbocycles. The number of aliphatic hydroxyl groups excluding tert-OH is 2. The van der Waals surface area contributed by atoms with Gasteiger partial charge in [-0.15, -0.1) is 11.8 Å². The number of carbonyl (C=O) groups excluding carboxylic acids is 7. The molecule has 0 radical (unpaired) electrons. The Morgan fingerprint density at radius 2 is 1.41 bits per heavy atom. The van der Waals surface area contributed by atoms with E-state index >= 15 is 0 Å². The maximum absolute atomic E-state index is 13.5. The highest BCUT2D eigenvalue weighted by Gasteiger charge is 2.66. The SMILES string of the molecule is C[C@H](N)C(=O)N[C@@H](CCCN=C(N)N)[C@H](O)CC(=O)N[C@@H](C)C(=O)N[C@@H](CCCN=C(N)N)[C@H](O)CC(=O)OCC1=C(C(=O)O)N2C(=O)[C@@](NC=O)(NC(=O)CCC[C@@H](N)C(=O)O)[C@H]2SC1. The van der Waals surface area contributed by atoms with Crippen LogP contribution in [0.4, 0.5) is 0 Å². The molecule has 0 aromatic heterocycles. The van der Waals surface area contributed by atoms with E-state index in [-0.39, 0.29) is 81.3 Å². The minimum absolute atomic E-state index is 0.00351. The topological polar surface area (TPSA) is 488 Å². The second-order valence-electron chi connectivity index (χ2n) is 15.5. The van der Waals surface area contributed by atoms with E-state index < -0.39 is 126 Å². The predicted molar refractivity (Wildman–Crippen MR) is 234 cm³/mol. The number of aliphatic hydroxyl groups is 2. The number of nitrogens with two attached hydrogens (primary N) is 6. The first kappa shape index (κ1) is 55.8. The fourth-order valence-electron chi connectivity index (χ4n) is 6.62. The second kappa shape index (κ2) is 26.6. The van der Waals surface area contributed by atoms with Gasteiger partial charge < -0.3 is 86.1 Å². The summed E-state index contributed by atoms with van der Waals surface area (Å²) in [5, 5.41) is 52.2. The highest BCUT2D eigenvalue weighted by Crippen LogP contribution is 2.45. The predicted octanol–water partition coefficient (Wildman–Crippen LogP) is -6.65. The normalized spacial score (nSPS) is 19.6. The van der Waals surface area contributed by atoms with Crippen molar-refractivity contribution in [1.29, 1.82) is 0 Å². The summed E-state index contributed by atoms with van der Waals surface area (Å²) in [5.74, 6) is -8.40. The van der Waals surface area contributed by atoms with Crippen molar-refractivity contribution in [3.05, 3.63) is 11.3 Å². The van der Waals surface area contributed by atoms with Gasteiger partial charge in [0.15, 0.2) is 11.9 Å². The van der Waals surface area contributed by atoms with Gasteiger partial charge in [0.1, 0.15) is 29.8 Å². The molecule has 66 heavy (non-hydrogen) atoms. The molecule has 1 fully saturated rings. The number of hydrogen-bond donors (Lipinski definition) is 15. The van der Waals surface area contributed by atoms with Crippen LogP contribution in [0, 0.1) is 0 Å². The number of fused-ring (bicyclic) bond motifs is 1. The molecule has 370 valence electrons. The van der Waals surface area contributed by atoms with Crippen LogP contribution in [0.3, 0.4) is 0 Å². The van der Waals surface area contributed by atoms with Crippen molar-refractivity contribution in [2.45, 2.75) is 125 Å². The quantitative estimate of drug-likeness (QED) is 0.00605. The molecule has 0 aromatic rings. The number of aliphatic carboxylic acids is 2. The molecule has 28 nitrogen and oxygen atoms in total. The Bertz CT molecular complexity index is 1880. The number of carbonyl (C=O) groups is 9. The van der Waals surface area contributed by atoms with Gasteiger partial charge in [0, 0.05) is 30.8 Å². The van der Waals surface area contributed by atoms with Gasteiger partial charge in [-0.2, -0.15) is 0 Å². The zero-order valence-electron chi connectivity index (χ0n) is 36.5. The van der Waals surface area contributed by atoms with Crippen LogP contribution in [0.2, 0.25) is 0 Å². The lowest BCUT2D eigenvalue weighted by molar-refractivity contribution is -0.162. The molecule has 0 unspecified atom stereocenters. The number of β-lactam (4-membered cyclic amide) rings is 1. The average molecular weight is 959 g/mol. The van der Waals surface area contributed by atoms with Crippen LogP contribution in [0.1, 0.15) is 71.6 Å². The first-order valence-corrected chi connectivity index (χ1v) is 21.7. The lowest BCUT2D eigenvalue weighted by atomic mass is 9.94. The van der Waals surface area contributed by atoms with E-state index in [9.17, 15) is 58.5 Å². The van der Waals surface area contributed by atoms with Gasteiger partial charge in [0.05, 0.1) is 43.2 Å². The molecule has 2 heterocycles. The molecule has 1 saturated heterocycles. The number of nitrogens with one attached hydrogen (secondary N) is 5. The molecule has 0 bridgehead atoms. The zero-order chi connectivity index (χ0) is 49.9. The number of ether oxygens (including phenoxy) is 1. The van der Waals surface area contributed by atoms with Crippen molar-refractivity contribution in [2.75, 3.05) is 25.4 Å². The molecule has 0 aromatic carbocycles. The molecule has 9 atom stereocenters. The Hall–Kier alpha value is -6.30. The third kappa shape index (κ3) is 16.9. The van der Waals surface area contributed by atoms with Gasteiger partial charge in [-0.25, -0.2) is 4.79 Å². The van der Waals surface area contributed by atoms with Gasteiger partial charge in [-0.3, -0.25) is 53.2 Å². The fraction of sp³-hybridized carbons (Fsp3) is 0.649. The molecular weight excluding hydrogens is 897 g/mol. The smallest absolute Gasteiger partial charge is 0.352 e. The van der Waals surface area contributed by atoms with Crippen LogP contribution in [-0.2, 0) is 47.9 Å². The maximum atomic E-state index is 13.5. The number of carboxylic acid groups (broad SMARTS) is 2. The molecule has 21 N–H and O–H groups in total. The molecule has 0 aliphatic carbocycles. The van der Waals surface area contributed by atoms with Gasteiger partial charge in [-0.05, 0) is 52.4 Å². The number of nitrogens with zero attached hydrogens (tertiary/aromatic N) is 3. The number of aliphatic imine (C=N–C) groups is 2. The van der Waals surface area contributed by atoms with Crippen molar-refractivity contribution in [2.24, 2.45) is 44.4 Å². The summed E-state index contributed by atoms with van der Waals surface area (Å²) in [6, 6.07) is -5.50. The summed E-state index contributed by atoms with van der Waals surface area (Å²) >= 11 is 0.934. The van der Waals surface area contributed by atoms with E-state index in [2.05, 4.69) is 36.6 Å². The molecule has 6 amide bonds. The summed E-state index contributed by atoms with van der Waals surface area (Å²) in [5.41, 5.74) is 29.9. The van der Waals surface area contributed by atoms with Crippen LogP contribution in [-0.4, -0.2) is 170 Å². The van der Waals surface area contributed by atoms with Crippen LogP contribution in [0.15, 0.2) is 21.3 Å². The number of guanidine groups is 2. The van der Waals surface area contributed by atoms with Gasteiger partial charge in [0.25, 0.3) is 5.91 Å². The standard InChI is InChI=1S/C37H62N14O14S/c1-17(38)29(58)48-21(7-4-10-44-35(40)41)23(53)12-26(56)47-18(2)30(59)49-22(8-5-11-45-36(42)43)24(54)13-27(57)65-14-19-15-66-34-37(46-16-52,33(64)51(34)28(19)32(62)63)50-25(55)9-3-6-20(39)31(60)61/h16-18,20-24,34,53-54H,3-15,38-39H2,1-2H3,(H,46,52)(H,47,56)(H,48,58)(H,49,59)(H,50,55)(H,60,61)(H,62,63)(H4,40,41,44)(H4,42,43,45)/t17-,18-,20+,21-,22-,23+,24+,34+,37+/m0/s1. The number of hydrogen-bond acceptors (Lipinski definition) is 17. The Balaban J connectivity index is 2.12. The van der Waals surface area contributed by atoms with Gasteiger partial charge in [-0.1, -0.05) is 0 Å². The first-order valence-electron chi connectivity index (χ1n) is 20.6. The number of thioether (sulfide) groups is 1. The number of carboxylic acids is 2. The highest BCUT2D eigenvalue weighted by atomic mass is 32.2. The number of amides is 6. The molecule has 2 aliphatic heterocycles. The minimum Gasteiger partial charge on any atom is -0.480 e. The van der Waals surface area contributed by atoms with Gasteiger partial charge in [0.2, 0.25) is 35.7 Å². The molecule has 29 heteroatoms. The van der Waals surface area contributed by atoms with E-state index in [1.165, 1.54) is 13.8 Å². The number of esters is 1. The summed E-state index contributed by atoms with van der Waals surface area (Å²) in [4.78, 5) is 121. The van der Waals surface area contributed by atoms with Crippen molar-refractivity contribution in [3.63, 3.8) is 0 Å². The summed E-state index contributed by atoms with van der Waals surface area (Å²) in [7, 11) is 0.